The first-order valence-electron chi connectivity index (χ1n) is 17.1. The summed E-state index contributed by atoms with van der Waals surface area (Å²) >= 11 is 0. The zero-order valence-electron chi connectivity index (χ0n) is 27.1. The predicted molar refractivity (Wildman–Crippen MR) is 177 cm³/mol. The van der Waals surface area contributed by atoms with Crippen molar-refractivity contribution in [1.82, 2.24) is 40.3 Å². The Hall–Kier alpha value is -4.23. The van der Waals surface area contributed by atoms with Gasteiger partial charge in [-0.3, -0.25) is 14.8 Å². The molecule has 13 heteroatoms. The maximum absolute atomic E-state index is 14.0. The first kappa shape index (κ1) is 31.4. The van der Waals surface area contributed by atoms with E-state index in [0.29, 0.717) is 51.6 Å². The molecule has 3 saturated heterocycles. The monoisotopic (exact) mass is 643 g/mol. The fourth-order valence-corrected chi connectivity index (χ4v) is 7.70. The molecule has 0 spiro atoms. The number of para-hydroxylation sites is 1. The maximum Gasteiger partial charge on any atom is 0.410 e. The van der Waals surface area contributed by atoms with E-state index in [0.717, 1.165) is 78.9 Å². The van der Waals surface area contributed by atoms with Crippen molar-refractivity contribution in [3.63, 3.8) is 0 Å². The highest BCUT2D eigenvalue weighted by Gasteiger charge is 2.36. The molecule has 13 nitrogen and oxygen atoms in total. The molecule has 0 aliphatic carbocycles. The van der Waals surface area contributed by atoms with Gasteiger partial charge in [0.1, 0.15) is 5.52 Å². The third kappa shape index (κ3) is 6.91. The molecule has 3 aromatic rings. The number of nitrogens with one attached hydrogen (secondary N) is 3. The number of fused-ring (bicyclic) bond motifs is 2. The second kappa shape index (κ2) is 13.9. The fraction of sp³-hybridized carbons (Fsp3) is 0.559. The second-order valence-electron chi connectivity index (χ2n) is 13.3. The van der Waals surface area contributed by atoms with E-state index in [1.54, 1.807) is 4.90 Å². The van der Waals surface area contributed by atoms with Crippen LogP contribution in [-0.4, -0.2) is 130 Å². The third-order valence-electron chi connectivity index (χ3n) is 10.4. The van der Waals surface area contributed by atoms with Crippen LogP contribution in [0.15, 0.2) is 36.4 Å². The number of piperazine rings is 1. The Morgan fingerprint density at radius 2 is 1.66 bits per heavy atom. The number of likely N-dealkylation sites (tertiary alicyclic amines) is 2. The van der Waals surface area contributed by atoms with Crippen molar-refractivity contribution in [2.75, 3.05) is 64.2 Å². The van der Waals surface area contributed by atoms with Gasteiger partial charge >= 0.3 is 12.1 Å². The average molecular weight is 644 g/mol. The molecule has 47 heavy (non-hydrogen) atoms. The van der Waals surface area contributed by atoms with Gasteiger partial charge in [-0.1, -0.05) is 29.5 Å². The Balaban J connectivity index is 1.00. The summed E-state index contributed by atoms with van der Waals surface area (Å²) < 4.78 is 6.09. The molecule has 4 aliphatic rings. The van der Waals surface area contributed by atoms with Crippen LogP contribution in [0.1, 0.15) is 42.4 Å². The number of amides is 4. The molecule has 3 N–H and O–H groups in total. The van der Waals surface area contributed by atoms with Crippen molar-refractivity contribution in [3.05, 3.63) is 53.1 Å². The number of rotatable bonds is 6. The van der Waals surface area contributed by atoms with Gasteiger partial charge in [0.25, 0.3) is 5.91 Å². The van der Waals surface area contributed by atoms with E-state index in [1.807, 2.05) is 47.1 Å². The molecular weight excluding hydrogens is 598 g/mol. The van der Waals surface area contributed by atoms with E-state index >= 15 is 0 Å². The molecule has 4 amide bonds. The summed E-state index contributed by atoms with van der Waals surface area (Å²) in [6.07, 6.45) is 2.75. The summed E-state index contributed by atoms with van der Waals surface area (Å²) in [7, 11) is 0. The normalized spacial score (nSPS) is 20.9. The summed E-state index contributed by atoms with van der Waals surface area (Å²) in [6, 6.07) is 12.2. The molecule has 5 heterocycles. The number of piperidine rings is 2. The zero-order chi connectivity index (χ0) is 32.3. The van der Waals surface area contributed by atoms with Crippen LogP contribution in [0.3, 0.4) is 0 Å². The van der Waals surface area contributed by atoms with E-state index in [1.165, 1.54) is 0 Å². The first-order chi connectivity index (χ1) is 22.9. The Bertz CT molecular complexity index is 1590. The molecule has 0 bridgehead atoms. The Kier molecular flexibility index (Phi) is 9.25. The zero-order valence-corrected chi connectivity index (χ0v) is 27.1. The Labute approximate surface area is 274 Å². The van der Waals surface area contributed by atoms with E-state index in [4.69, 9.17) is 4.74 Å². The SMILES string of the molecule is Cc1cc(C[C@@H](OC(=O)N2CCC(N3CCc4ccccc4NC3=O)CC2)C(=O)N2CCC(N3CCNCC3)CC2)cc2nn[nH]c12. The van der Waals surface area contributed by atoms with Gasteiger partial charge in [-0.25, -0.2) is 9.59 Å². The number of aromatic amines is 1. The number of carbonyl (C=O) groups is 3. The quantitative estimate of drug-likeness (QED) is 0.373. The van der Waals surface area contributed by atoms with Crippen LogP contribution in [-0.2, 0) is 22.4 Å². The van der Waals surface area contributed by atoms with Gasteiger partial charge < -0.3 is 30.1 Å². The molecule has 3 fully saturated rings. The fourth-order valence-electron chi connectivity index (χ4n) is 7.70. The third-order valence-corrected chi connectivity index (χ3v) is 10.4. The Morgan fingerprint density at radius 3 is 2.45 bits per heavy atom. The lowest BCUT2D eigenvalue weighted by molar-refractivity contribution is -0.142. The summed E-state index contributed by atoms with van der Waals surface area (Å²) in [4.78, 5) is 48.8. The summed E-state index contributed by atoms with van der Waals surface area (Å²) in [5.41, 5.74) is 5.41. The van der Waals surface area contributed by atoms with Crippen molar-refractivity contribution in [3.8, 4) is 0 Å². The van der Waals surface area contributed by atoms with Gasteiger partial charge in [0, 0.05) is 83.1 Å². The Morgan fingerprint density at radius 1 is 0.936 bits per heavy atom. The molecule has 250 valence electrons. The minimum Gasteiger partial charge on any atom is -0.436 e. The van der Waals surface area contributed by atoms with Crippen molar-refractivity contribution in [2.45, 2.75) is 63.6 Å². The molecule has 1 aromatic heterocycles. The van der Waals surface area contributed by atoms with Crippen LogP contribution in [0.5, 0.6) is 0 Å². The van der Waals surface area contributed by atoms with Crippen LogP contribution >= 0.6 is 0 Å². The predicted octanol–water partition coefficient (Wildman–Crippen LogP) is 2.76. The number of hydrogen-bond donors (Lipinski definition) is 3. The van der Waals surface area contributed by atoms with Gasteiger partial charge in [0.15, 0.2) is 6.10 Å². The highest BCUT2D eigenvalue weighted by atomic mass is 16.6. The van der Waals surface area contributed by atoms with Crippen LogP contribution < -0.4 is 10.6 Å². The van der Waals surface area contributed by atoms with E-state index < -0.39 is 12.2 Å². The maximum atomic E-state index is 14.0. The number of hydrogen-bond acceptors (Lipinski definition) is 8. The van der Waals surface area contributed by atoms with Gasteiger partial charge in [-0.2, -0.15) is 0 Å². The number of nitrogens with zero attached hydrogens (tertiary/aromatic N) is 6. The smallest absolute Gasteiger partial charge is 0.410 e. The van der Waals surface area contributed by atoms with Crippen LogP contribution in [0.2, 0.25) is 0 Å². The summed E-state index contributed by atoms with van der Waals surface area (Å²) in [5, 5.41) is 17.5. The summed E-state index contributed by atoms with van der Waals surface area (Å²) in [5.74, 6) is -0.147. The van der Waals surface area contributed by atoms with Gasteiger partial charge in [-0.15, -0.1) is 5.10 Å². The lowest BCUT2D eigenvalue weighted by Crippen LogP contribution is -2.54. The minimum atomic E-state index is -0.949. The minimum absolute atomic E-state index is 0.0277. The topological polar surface area (TPSA) is 139 Å². The number of benzene rings is 2. The number of aryl methyl sites for hydroxylation is 1. The largest absolute Gasteiger partial charge is 0.436 e. The number of carbonyl (C=O) groups excluding carboxylic acids is 3. The molecule has 4 aliphatic heterocycles. The highest BCUT2D eigenvalue weighted by Crippen LogP contribution is 2.26. The molecule has 2 aromatic carbocycles. The van der Waals surface area contributed by atoms with Crippen LogP contribution in [0, 0.1) is 6.92 Å². The average Bonchev–Trinajstić information content (AvgIpc) is 3.52. The number of anilines is 1. The van der Waals surface area contributed by atoms with E-state index in [9.17, 15) is 14.4 Å². The van der Waals surface area contributed by atoms with Crippen molar-refractivity contribution >= 4 is 34.8 Å². The standard InChI is InChI=1S/C34H45N9O4/c1-23-20-24(21-29-31(23)38-39-37-29)22-30(32(44)41-13-7-26(8-14-41)40-18-11-35-12-19-40)47-34(46)42-15-9-27(10-16-42)43-17-6-25-4-2-3-5-28(25)36-33(43)45/h2-5,20-21,26-27,30,35H,6-19,22H2,1H3,(H,36,45)(H,37,38,39)/t30-/m1/s1. The van der Waals surface area contributed by atoms with E-state index in [2.05, 4.69) is 37.0 Å². The highest BCUT2D eigenvalue weighted by molar-refractivity contribution is 5.91. The number of urea groups is 1. The van der Waals surface area contributed by atoms with Crippen LogP contribution in [0.4, 0.5) is 15.3 Å². The number of aromatic nitrogens is 3. The van der Waals surface area contributed by atoms with Crippen LogP contribution in [0.25, 0.3) is 11.0 Å². The molecule has 0 unspecified atom stereocenters. The lowest BCUT2D eigenvalue weighted by atomic mass is 9.99. The number of ether oxygens (including phenoxy) is 1. The second-order valence-corrected chi connectivity index (χ2v) is 13.3. The van der Waals surface area contributed by atoms with Crippen molar-refractivity contribution in [2.24, 2.45) is 0 Å². The number of H-pyrrole nitrogens is 1. The van der Waals surface area contributed by atoms with Gasteiger partial charge in [0.2, 0.25) is 0 Å². The molecule has 1 atom stereocenters. The van der Waals surface area contributed by atoms with Crippen molar-refractivity contribution < 1.29 is 19.1 Å². The van der Waals surface area contributed by atoms with Gasteiger partial charge in [0.05, 0.1) is 5.52 Å². The first-order valence-corrected chi connectivity index (χ1v) is 17.1. The van der Waals surface area contributed by atoms with E-state index in [-0.39, 0.29) is 24.4 Å². The molecule has 0 saturated carbocycles. The summed E-state index contributed by atoms with van der Waals surface area (Å²) in [6.45, 7) is 8.91. The molecular formula is C34H45N9O4. The van der Waals surface area contributed by atoms with Gasteiger partial charge in [-0.05, 0) is 67.9 Å². The van der Waals surface area contributed by atoms with Crippen molar-refractivity contribution in [1.29, 1.82) is 0 Å². The lowest BCUT2D eigenvalue weighted by Gasteiger charge is -2.41. The molecule has 7 rings (SSSR count). The molecule has 0 radical (unpaired) electrons.